The van der Waals surface area contributed by atoms with Crippen LogP contribution in [0.1, 0.15) is 23.5 Å². The van der Waals surface area contributed by atoms with E-state index in [1.54, 1.807) is 6.07 Å². The maximum absolute atomic E-state index is 11.6. The summed E-state index contributed by atoms with van der Waals surface area (Å²) in [5.41, 5.74) is 0. The molecule has 0 N–H and O–H groups in total. The molecular formula is C11H15BrO3S. The van der Waals surface area contributed by atoms with Crippen LogP contribution in [-0.4, -0.2) is 31.7 Å². The maximum Gasteiger partial charge on any atom is 0.198 e. The van der Waals surface area contributed by atoms with Gasteiger partial charge in [0.15, 0.2) is 5.78 Å². The van der Waals surface area contributed by atoms with Crippen molar-refractivity contribution in [2.24, 2.45) is 0 Å². The summed E-state index contributed by atoms with van der Waals surface area (Å²) in [5, 5.41) is 0. The number of carbonyl (C=O) groups excluding carboxylic acids is 1. The van der Waals surface area contributed by atoms with Gasteiger partial charge in [-0.2, -0.15) is 0 Å². The zero-order chi connectivity index (χ0) is 12.0. The van der Waals surface area contributed by atoms with E-state index in [0.717, 1.165) is 8.66 Å². The average Bonchev–Trinajstić information content (AvgIpc) is 2.63. The molecule has 1 rings (SSSR count). The molecule has 90 valence electrons. The highest BCUT2D eigenvalue weighted by atomic mass is 79.9. The average molecular weight is 307 g/mol. The monoisotopic (exact) mass is 306 g/mol. The van der Waals surface area contributed by atoms with E-state index in [1.807, 2.05) is 19.9 Å². The normalized spacial score (nSPS) is 11.0. The standard InChI is InChI=1S/C11H15BrO3S/c1-8(2)15-6-5-14-7-9(13)10-3-4-11(12)16-10/h3-4,8H,5-7H2,1-2H3. The van der Waals surface area contributed by atoms with Gasteiger partial charge in [0.25, 0.3) is 0 Å². The minimum absolute atomic E-state index is 0.0141. The minimum Gasteiger partial charge on any atom is -0.376 e. The fraction of sp³-hybridized carbons (Fsp3) is 0.545. The molecule has 0 amide bonds. The molecule has 5 heteroatoms. The first kappa shape index (κ1) is 13.8. The Morgan fingerprint density at radius 1 is 1.44 bits per heavy atom. The molecule has 0 unspecified atom stereocenters. The molecule has 0 bridgehead atoms. The van der Waals surface area contributed by atoms with Crippen LogP contribution in [0.15, 0.2) is 15.9 Å². The van der Waals surface area contributed by atoms with Crippen LogP contribution in [-0.2, 0) is 9.47 Å². The summed E-state index contributed by atoms with van der Waals surface area (Å²) in [4.78, 5) is 12.3. The van der Waals surface area contributed by atoms with Crippen molar-refractivity contribution in [1.82, 2.24) is 0 Å². The fourth-order valence-corrected chi connectivity index (χ4v) is 2.35. The Morgan fingerprint density at radius 3 is 2.75 bits per heavy atom. The molecule has 1 heterocycles. The highest BCUT2D eigenvalue weighted by molar-refractivity contribution is 9.11. The van der Waals surface area contributed by atoms with Crippen LogP contribution in [0, 0.1) is 0 Å². The number of hydrogen-bond donors (Lipinski definition) is 0. The molecule has 1 aromatic heterocycles. The number of thiophene rings is 1. The van der Waals surface area contributed by atoms with E-state index in [-0.39, 0.29) is 18.5 Å². The van der Waals surface area contributed by atoms with Crippen LogP contribution in [0.4, 0.5) is 0 Å². The Bertz CT molecular complexity index is 336. The van der Waals surface area contributed by atoms with Crippen molar-refractivity contribution >= 4 is 33.0 Å². The first-order valence-corrected chi connectivity index (χ1v) is 6.68. The molecule has 0 spiro atoms. The van der Waals surface area contributed by atoms with Crippen LogP contribution < -0.4 is 0 Å². The van der Waals surface area contributed by atoms with Gasteiger partial charge in [-0.05, 0) is 41.9 Å². The van der Waals surface area contributed by atoms with Crippen LogP contribution in [0.2, 0.25) is 0 Å². The maximum atomic E-state index is 11.6. The molecule has 0 atom stereocenters. The Labute approximate surface area is 108 Å². The summed E-state index contributed by atoms with van der Waals surface area (Å²) in [6.07, 6.45) is 0.201. The second-order valence-electron chi connectivity index (χ2n) is 3.50. The number of ether oxygens (including phenoxy) is 2. The summed E-state index contributed by atoms with van der Waals surface area (Å²) in [6, 6.07) is 3.66. The van der Waals surface area contributed by atoms with Gasteiger partial charge in [-0.25, -0.2) is 0 Å². The van der Waals surface area contributed by atoms with Gasteiger partial charge in [-0.15, -0.1) is 11.3 Å². The van der Waals surface area contributed by atoms with Crippen molar-refractivity contribution in [2.75, 3.05) is 19.8 Å². The van der Waals surface area contributed by atoms with Crippen molar-refractivity contribution in [3.63, 3.8) is 0 Å². The van der Waals surface area contributed by atoms with E-state index < -0.39 is 0 Å². The quantitative estimate of drug-likeness (QED) is 0.573. The van der Waals surface area contributed by atoms with E-state index >= 15 is 0 Å². The number of halogens is 1. The lowest BCUT2D eigenvalue weighted by Gasteiger charge is -2.07. The Hall–Kier alpha value is -0.230. The van der Waals surface area contributed by atoms with Crippen molar-refractivity contribution in [3.8, 4) is 0 Å². The zero-order valence-electron chi connectivity index (χ0n) is 9.36. The number of ketones is 1. The van der Waals surface area contributed by atoms with Crippen molar-refractivity contribution in [1.29, 1.82) is 0 Å². The summed E-state index contributed by atoms with van der Waals surface area (Å²) < 4.78 is 11.5. The first-order valence-electron chi connectivity index (χ1n) is 5.07. The number of carbonyl (C=O) groups is 1. The van der Waals surface area contributed by atoms with E-state index in [9.17, 15) is 4.79 Å². The third-order valence-electron chi connectivity index (χ3n) is 1.76. The molecule has 16 heavy (non-hydrogen) atoms. The predicted molar refractivity (Wildman–Crippen MR) is 68.3 cm³/mol. The SMILES string of the molecule is CC(C)OCCOCC(=O)c1ccc(Br)s1. The van der Waals surface area contributed by atoms with Gasteiger partial charge in [0.05, 0.1) is 28.0 Å². The van der Waals surface area contributed by atoms with E-state index in [0.29, 0.717) is 13.2 Å². The van der Waals surface area contributed by atoms with Gasteiger partial charge >= 0.3 is 0 Å². The van der Waals surface area contributed by atoms with Crippen molar-refractivity contribution in [2.45, 2.75) is 20.0 Å². The molecule has 0 fully saturated rings. The van der Waals surface area contributed by atoms with Gasteiger partial charge in [-0.3, -0.25) is 4.79 Å². The minimum atomic E-state index is 0.0141. The molecule has 0 aromatic carbocycles. The zero-order valence-corrected chi connectivity index (χ0v) is 11.8. The molecule has 0 saturated heterocycles. The number of rotatable bonds is 7. The fourth-order valence-electron chi connectivity index (χ4n) is 1.04. The highest BCUT2D eigenvalue weighted by Crippen LogP contribution is 2.22. The molecule has 0 aliphatic heterocycles. The van der Waals surface area contributed by atoms with Gasteiger partial charge in [0, 0.05) is 0 Å². The molecule has 3 nitrogen and oxygen atoms in total. The van der Waals surface area contributed by atoms with Gasteiger partial charge < -0.3 is 9.47 Å². The molecule has 1 aromatic rings. The molecule has 0 aliphatic rings. The molecule has 0 aliphatic carbocycles. The smallest absolute Gasteiger partial charge is 0.198 e. The largest absolute Gasteiger partial charge is 0.376 e. The van der Waals surface area contributed by atoms with Crippen molar-refractivity contribution in [3.05, 3.63) is 20.8 Å². The third-order valence-corrected chi connectivity index (χ3v) is 3.42. The summed E-state index contributed by atoms with van der Waals surface area (Å²) in [6.45, 7) is 5.03. The molecule has 0 saturated carbocycles. The summed E-state index contributed by atoms with van der Waals surface area (Å²) in [7, 11) is 0. The second-order valence-corrected chi connectivity index (χ2v) is 5.96. The van der Waals surface area contributed by atoms with E-state index in [4.69, 9.17) is 9.47 Å². The van der Waals surface area contributed by atoms with Crippen LogP contribution >= 0.6 is 27.3 Å². The van der Waals surface area contributed by atoms with Crippen LogP contribution in [0.5, 0.6) is 0 Å². The summed E-state index contributed by atoms with van der Waals surface area (Å²) in [5.74, 6) is 0.0141. The molecular weight excluding hydrogens is 292 g/mol. The Balaban J connectivity index is 2.16. The lowest BCUT2D eigenvalue weighted by molar-refractivity contribution is 0.0209. The number of Topliss-reactive ketones (excluding diaryl/α,β-unsaturated/α-hetero) is 1. The lowest BCUT2D eigenvalue weighted by Crippen LogP contribution is -2.13. The van der Waals surface area contributed by atoms with E-state index in [2.05, 4.69) is 15.9 Å². The highest BCUT2D eigenvalue weighted by Gasteiger charge is 2.08. The second kappa shape index (κ2) is 7.17. The Kier molecular flexibility index (Phi) is 6.20. The summed E-state index contributed by atoms with van der Waals surface area (Å²) >= 11 is 4.74. The number of hydrogen-bond acceptors (Lipinski definition) is 4. The van der Waals surface area contributed by atoms with Gasteiger partial charge in [0.2, 0.25) is 0 Å². The predicted octanol–water partition coefficient (Wildman–Crippen LogP) is 3.13. The first-order chi connectivity index (χ1) is 7.59. The van der Waals surface area contributed by atoms with E-state index in [1.165, 1.54) is 11.3 Å². The van der Waals surface area contributed by atoms with Crippen molar-refractivity contribution < 1.29 is 14.3 Å². The van der Waals surface area contributed by atoms with Gasteiger partial charge in [-0.1, -0.05) is 0 Å². The molecule has 0 radical (unpaired) electrons. The third kappa shape index (κ3) is 5.21. The lowest BCUT2D eigenvalue weighted by atomic mass is 10.3. The topological polar surface area (TPSA) is 35.5 Å². The van der Waals surface area contributed by atoms with Crippen LogP contribution in [0.3, 0.4) is 0 Å². The van der Waals surface area contributed by atoms with Gasteiger partial charge in [0.1, 0.15) is 6.61 Å². The Morgan fingerprint density at radius 2 is 2.19 bits per heavy atom. The van der Waals surface area contributed by atoms with Crippen LogP contribution in [0.25, 0.3) is 0 Å².